The molecule has 0 aliphatic carbocycles. The number of rotatable bonds is 2. The predicted molar refractivity (Wildman–Crippen MR) is 116 cm³/mol. The first-order valence-electron chi connectivity index (χ1n) is 9.99. The minimum Gasteiger partial charge on any atom is -0.278 e. The number of allylic oxidation sites excluding steroid dienone is 1. The lowest BCUT2D eigenvalue weighted by atomic mass is 9.95. The molecule has 5 nitrogen and oxygen atoms in total. The van der Waals surface area contributed by atoms with Crippen LogP contribution < -0.4 is 5.56 Å². The number of hydrogen-bond donors (Lipinski definition) is 0. The second-order valence-corrected chi connectivity index (χ2v) is 7.65. The molecule has 1 unspecified atom stereocenters. The molecule has 5 rings (SSSR count). The van der Waals surface area contributed by atoms with Gasteiger partial charge in [0.2, 0.25) is 0 Å². The third-order valence-corrected chi connectivity index (χ3v) is 5.52. The van der Waals surface area contributed by atoms with E-state index in [2.05, 4.69) is 9.98 Å². The molecule has 8 heteroatoms. The topological polar surface area (TPSA) is 59.6 Å². The van der Waals surface area contributed by atoms with Gasteiger partial charge in [-0.15, -0.1) is 0 Å². The summed E-state index contributed by atoms with van der Waals surface area (Å²) in [6.45, 7) is 1.89. The maximum atomic E-state index is 13.3. The summed E-state index contributed by atoms with van der Waals surface area (Å²) in [5.74, 6) is 0. The summed E-state index contributed by atoms with van der Waals surface area (Å²) in [6, 6.07) is 10.9. The van der Waals surface area contributed by atoms with Gasteiger partial charge >= 0.3 is 6.18 Å². The number of pyridine rings is 2. The lowest BCUT2D eigenvalue weighted by Gasteiger charge is -2.28. The van der Waals surface area contributed by atoms with E-state index < -0.39 is 23.3 Å². The maximum absolute atomic E-state index is 13.3. The Kier molecular flexibility index (Phi) is 4.65. The van der Waals surface area contributed by atoms with Gasteiger partial charge in [0.05, 0.1) is 17.0 Å². The molecule has 0 fully saturated rings. The van der Waals surface area contributed by atoms with E-state index in [-0.39, 0.29) is 5.69 Å². The fraction of sp³-hybridized carbons (Fsp3) is 0.167. The Morgan fingerprint density at radius 1 is 1.09 bits per heavy atom. The zero-order valence-electron chi connectivity index (χ0n) is 17.0. The van der Waals surface area contributed by atoms with Gasteiger partial charge in [0.1, 0.15) is 6.04 Å². The highest BCUT2D eigenvalue weighted by Gasteiger charge is 2.32. The van der Waals surface area contributed by atoms with Crippen LogP contribution >= 0.6 is 0 Å². The third-order valence-electron chi connectivity index (χ3n) is 5.52. The Morgan fingerprint density at radius 3 is 2.69 bits per heavy atom. The van der Waals surface area contributed by atoms with E-state index in [0.717, 1.165) is 29.1 Å². The largest absolute Gasteiger partial charge is 0.416 e. The molecule has 0 spiro atoms. The summed E-state index contributed by atoms with van der Waals surface area (Å²) in [7, 11) is 0. The smallest absolute Gasteiger partial charge is 0.278 e. The first kappa shape index (κ1) is 20.1. The molecule has 1 atom stereocenters. The maximum Gasteiger partial charge on any atom is 0.416 e. The van der Waals surface area contributed by atoms with Crippen LogP contribution in [0.4, 0.5) is 13.2 Å². The quantitative estimate of drug-likeness (QED) is 0.581. The number of hydrogen-bond acceptors (Lipinski definition) is 4. The molecule has 0 bridgehead atoms. The first-order chi connectivity index (χ1) is 15.3. The van der Waals surface area contributed by atoms with Crippen molar-refractivity contribution >= 4 is 11.9 Å². The highest BCUT2D eigenvalue weighted by Crippen LogP contribution is 2.37. The standard InChI is InChI=1S/C24H17F3N4O/c1-14-5-6-15(12-28-14)19-8-9-20-22(30-19)23-16(13-29-20)7-10-21(32)31(23)18-4-2-3-17(11-18)24(25,26)27/h2-7,9-13,22H,8H2,1H3. The van der Waals surface area contributed by atoms with Crippen molar-refractivity contribution in [3.63, 3.8) is 0 Å². The fourth-order valence-corrected chi connectivity index (χ4v) is 3.93. The lowest BCUT2D eigenvalue weighted by Crippen LogP contribution is -2.28. The van der Waals surface area contributed by atoms with Gasteiger partial charge in [-0.05, 0) is 43.3 Å². The molecule has 3 aromatic rings. The summed E-state index contributed by atoms with van der Waals surface area (Å²) in [4.78, 5) is 26.5. The number of fused-ring (bicyclic) bond motifs is 3. The molecule has 1 aromatic carbocycles. The van der Waals surface area contributed by atoms with Crippen molar-refractivity contribution in [1.82, 2.24) is 9.55 Å². The third kappa shape index (κ3) is 3.47. The van der Waals surface area contributed by atoms with Gasteiger partial charge in [-0.25, -0.2) is 0 Å². The van der Waals surface area contributed by atoms with Crippen molar-refractivity contribution in [2.75, 3.05) is 0 Å². The lowest BCUT2D eigenvalue weighted by molar-refractivity contribution is -0.137. The normalized spacial score (nSPS) is 17.3. The molecule has 2 aliphatic heterocycles. The summed E-state index contributed by atoms with van der Waals surface area (Å²) in [5, 5.41) is 0. The second-order valence-electron chi connectivity index (χ2n) is 7.65. The van der Waals surface area contributed by atoms with Crippen LogP contribution in [0.15, 0.2) is 81.3 Å². The Morgan fingerprint density at radius 2 is 1.94 bits per heavy atom. The van der Waals surface area contributed by atoms with Crippen molar-refractivity contribution in [3.05, 3.63) is 105 Å². The molecule has 2 aromatic heterocycles. The number of benzene rings is 1. The molecule has 4 heterocycles. The van der Waals surface area contributed by atoms with E-state index in [1.165, 1.54) is 22.8 Å². The molecule has 0 saturated heterocycles. The Hall–Kier alpha value is -3.81. The molecule has 0 N–H and O–H groups in total. The Balaban J connectivity index is 1.69. The van der Waals surface area contributed by atoms with Gasteiger partial charge in [0.15, 0.2) is 0 Å². The van der Waals surface area contributed by atoms with Crippen molar-refractivity contribution in [2.45, 2.75) is 25.6 Å². The molecule has 2 aliphatic rings. The number of dihydropyridines is 1. The van der Waals surface area contributed by atoms with Crippen molar-refractivity contribution in [1.29, 1.82) is 0 Å². The van der Waals surface area contributed by atoms with Crippen molar-refractivity contribution in [3.8, 4) is 5.69 Å². The summed E-state index contributed by atoms with van der Waals surface area (Å²) in [6.07, 6.45) is 1.32. The zero-order chi connectivity index (χ0) is 22.5. The number of aromatic nitrogens is 2. The minimum absolute atomic E-state index is 0.135. The molecule has 160 valence electrons. The monoisotopic (exact) mass is 434 g/mol. The fourth-order valence-electron chi connectivity index (χ4n) is 3.93. The van der Waals surface area contributed by atoms with Crippen LogP contribution in [0, 0.1) is 6.92 Å². The van der Waals surface area contributed by atoms with Crippen LogP contribution in [0.1, 0.15) is 40.5 Å². The van der Waals surface area contributed by atoms with Crippen LogP contribution in [0.25, 0.3) is 5.69 Å². The number of alkyl halides is 3. The van der Waals surface area contributed by atoms with Gasteiger partial charge in [0, 0.05) is 53.1 Å². The van der Waals surface area contributed by atoms with Crippen molar-refractivity contribution in [2.24, 2.45) is 9.98 Å². The Labute approximate surface area is 181 Å². The second kappa shape index (κ2) is 7.40. The minimum atomic E-state index is -4.52. The van der Waals surface area contributed by atoms with Crippen LogP contribution in [0.3, 0.4) is 0 Å². The number of nitrogens with zero attached hydrogens (tertiary/aromatic N) is 4. The van der Waals surface area contributed by atoms with E-state index in [0.29, 0.717) is 23.4 Å². The molecular formula is C24H17F3N4O. The van der Waals surface area contributed by atoms with E-state index in [1.54, 1.807) is 18.5 Å². The van der Waals surface area contributed by atoms with Crippen LogP contribution in [0.2, 0.25) is 0 Å². The van der Waals surface area contributed by atoms with Gasteiger partial charge in [-0.2, -0.15) is 13.2 Å². The van der Waals surface area contributed by atoms with Crippen LogP contribution in [-0.2, 0) is 6.18 Å². The zero-order valence-corrected chi connectivity index (χ0v) is 17.0. The van der Waals surface area contributed by atoms with E-state index >= 15 is 0 Å². The Bertz CT molecular complexity index is 1370. The van der Waals surface area contributed by atoms with Gasteiger partial charge in [0.25, 0.3) is 5.56 Å². The summed E-state index contributed by atoms with van der Waals surface area (Å²) >= 11 is 0. The first-order valence-corrected chi connectivity index (χ1v) is 9.99. The number of aliphatic imine (C=N–C) groups is 2. The highest BCUT2D eigenvalue weighted by molar-refractivity contribution is 6.02. The number of aryl methyl sites for hydroxylation is 1. The van der Waals surface area contributed by atoms with E-state index in [1.807, 2.05) is 25.1 Å². The highest BCUT2D eigenvalue weighted by atomic mass is 19.4. The molecule has 0 amide bonds. The average molecular weight is 434 g/mol. The molecule has 32 heavy (non-hydrogen) atoms. The van der Waals surface area contributed by atoms with Gasteiger partial charge in [-0.1, -0.05) is 12.1 Å². The van der Waals surface area contributed by atoms with Crippen LogP contribution in [0.5, 0.6) is 0 Å². The average Bonchev–Trinajstić information content (AvgIpc) is 2.78. The molecular weight excluding hydrogens is 417 g/mol. The molecule has 0 radical (unpaired) electrons. The summed E-state index contributed by atoms with van der Waals surface area (Å²) in [5.41, 5.74) is 3.18. The van der Waals surface area contributed by atoms with E-state index in [4.69, 9.17) is 4.99 Å². The summed E-state index contributed by atoms with van der Waals surface area (Å²) < 4.78 is 41.2. The SMILES string of the molecule is Cc1ccc(C2=NC3C(=CC2)N=Cc2ccc(=O)n(-c4cccc(C(F)(F)F)c4)c23)cn1. The number of halogens is 3. The van der Waals surface area contributed by atoms with Gasteiger partial charge < -0.3 is 0 Å². The van der Waals surface area contributed by atoms with Gasteiger partial charge in [-0.3, -0.25) is 24.3 Å². The molecule has 0 saturated carbocycles. The van der Waals surface area contributed by atoms with Crippen LogP contribution in [-0.4, -0.2) is 21.5 Å². The van der Waals surface area contributed by atoms with E-state index in [9.17, 15) is 18.0 Å². The van der Waals surface area contributed by atoms with Crippen molar-refractivity contribution < 1.29 is 13.2 Å². The predicted octanol–water partition coefficient (Wildman–Crippen LogP) is 4.81.